The van der Waals surface area contributed by atoms with Crippen molar-refractivity contribution < 1.29 is 13.3 Å². The first-order valence-electron chi connectivity index (χ1n) is 25.5. The zero-order chi connectivity index (χ0) is 48.6. The first-order chi connectivity index (χ1) is 36.0. The van der Waals surface area contributed by atoms with Crippen LogP contribution in [0.2, 0.25) is 0 Å². The average molecular weight is 944 g/mol. The molecule has 14 rings (SSSR count). The Bertz CT molecular complexity index is 4240. The van der Waals surface area contributed by atoms with E-state index >= 15 is 0 Å². The van der Waals surface area contributed by atoms with Gasteiger partial charge in [-0.15, -0.1) is 0 Å². The zero-order valence-electron chi connectivity index (χ0n) is 40.6. The Morgan fingerprint density at radius 3 is 2.10 bits per heavy atom. The van der Waals surface area contributed by atoms with Gasteiger partial charge in [0.15, 0.2) is 11.6 Å². The summed E-state index contributed by atoms with van der Waals surface area (Å²) in [7, 11) is 0. The van der Waals surface area contributed by atoms with E-state index in [1.165, 1.54) is 33.4 Å². The number of rotatable bonds is 9. The molecule has 2 aliphatic carbocycles. The topological polar surface area (TPSA) is 78.1 Å². The molecular formula is C67H49N3O3. The summed E-state index contributed by atoms with van der Waals surface area (Å²) < 4.78 is 20.2. The van der Waals surface area contributed by atoms with Gasteiger partial charge in [0, 0.05) is 43.6 Å². The van der Waals surface area contributed by atoms with Gasteiger partial charge in [0.25, 0.3) is 0 Å². The quantitative estimate of drug-likeness (QED) is 0.143. The monoisotopic (exact) mass is 943 g/mol. The summed E-state index contributed by atoms with van der Waals surface area (Å²) in [5.41, 5.74) is 18.4. The average Bonchev–Trinajstić information content (AvgIpc) is 4.15. The van der Waals surface area contributed by atoms with Gasteiger partial charge in [0.05, 0.1) is 11.5 Å². The zero-order valence-corrected chi connectivity index (χ0v) is 40.6. The Kier molecular flexibility index (Phi) is 10.3. The van der Waals surface area contributed by atoms with E-state index in [0.29, 0.717) is 29.8 Å². The van der Waals surface area contributed by atoms with Crippen LogP contribution >= 0.6 is 0 Å². The Morgan fingerprint density at radius 1 is 0.548 bits per heavy atom. The van der Waals surface area contributed by atoms with Crippen molar-refractivity contribution in [2.45, 2.75) is 51.4 Å². The molecule has 6 nitrogen and oxygen atoms in total. The minimum absolute atomic E-state index is 0.206. The molecule has 0 saturated carbocycles. The predicted molar refractivity (Wildman–Crippen MR) is 297 cm³/mol. The number of hydrogen-bond acceptors (Lipinski definition) is 6. The van der Waals surface area contributed by atoms with Crippen LogP contribution in [0.5, 0.6) is 0 Å². The number of para-hydroxylation sites is 3. The molecule has 73 heavy (non-hydrogen) atoms. The first-order valence-corrected chi connectivity index (χ1v) is 25.5. The maximum absolute atomic E-state index is 6.98. The highest BCUT2D eigenvalue weighted by Gasteiger charge is 2.31. The lowest BCUT2D eigenvalue weighted by molar-refractivity contribution is 0.586. The van der Waals surface area contributed by atoms with E-state index in [9.17, 15) is 0 Å². The summed E-state index contributed by atoms with van der Waals surface area (Å²) >= 11 is 0. The number of nitrogens with zero attached hydrogens (tertiary/aromatic N) is 3. The van der Waals surface area contributed by atoms with E-state index in [0.717, 1.165) is 113 Å². The van der Waals surface area contributed by atoms with E-state index in [1.54, 1.807) is 0 Å². The third kappa shape index (κ3) is 7.27. The van der Waals surface area contributed by atoms with Crippen molar-refractivity contribution in [2.75, 3.05) is 0 Å². The molecule has 2 unspecified atom stereocenters. The molecule has 4 aromatic heterocycles. The Labute approximate surface area is 422 Å². The molecule has 0 spiro atoms. The van der Waals surface area contributed by atoms with Gasteiger partial charge in [-0.2, -0.15) is 0 Å². The molecule has 8 aromatic carbocycles. The molecule has 6 heteroatoms. The van der Waals surface area contributed by atoms with E-state index < -0.39 is 0 Å². The van der Waals surface area contributed by atoms with Crippen molar-refractivity contribution in [3.63, 3.8) is 0 Å². The number of benzene rings is 8. The summed E-state index contributed by atoms with van der Waals surface area (Å²) in [6, 6.07) is 64.0. The van der Waals surface area contributed by atoms with E-state index in [2.05, 4.69) is 172 Å². The number of hydrogen-bond donors (Lipinski definition) is 0. The molecule has 2 atom stereocenters. The number of furan rings is 3. The number of fused-ring (bicyclic) bond motifs is 9. The summed E-state index contributed by atoms with van der Waals surface area (Å²) in [6.07, 6.45) is 10.3. The van der Waals surface area contributed by atoms with E-state index in [1.807, 2.05) is 42.5 Å². The molecular weight excluding hydrogens is 895 g/mol. The molecule has 2 aliphatic rings. The fourth-order valence-electron chi connectivity index (χ4n) is 11.8. The second-order valence-electron chi connectivity index (χ2n) is 19.7. The van der Waals surface area contributed by atoms with Crippen LogP contribution in [0.4, 0.5) is 0 Å². The van der Waals surface area contributed by atoms with Gasteiger partial charge >= 0.3 is 0 Å². The summed E-state index contributed by atoms with van der Waals surface area (Å²) in [5.74, 6) is 2.83. The van der Waals surface area contributed by atoms with E-state index in [4.69, 9.17) is 28.2 Å². The highest BCUT2D eigenvalue weighted by Crippen LogP contribution is 2.48. The Hall–Kier alpha value is -8.87. The molecule has 0 fully saturated rings. The minimum atomic E-state index is -0.206. The number of aromatic nitrogens is 3. The van der Waals surface area contributed by atoms with Gasteiger partial charge in [-0.05, 0) is 119 Å². The van der Waals surface area contributed by atoms with Crippen molar-refractivity contribution in [3.05, 3.63) is 239 Å². The second kappa shape index (κ2) is 17.5. The van der Waals surface area contributed by atoms with Gasteiger partial charge in [-0.3, -0.25) is 0 Å². The van der Waals surface area contributed by atoms with Crippen molar-refractivity contribution >= 4 is 72.1 Å². The molecule has 0 saturated heterocycles. The minimum Gasteiger partial charge on any atom is -0.456 e. The predicted octanol–water partition coefficient (Wildman–Crippen LogP) is 18.0. The van der Waals surface area contributed by atoms with Gasteiger partial charge in [-0.1, -0.05) is 171 Å². The highest BCUT2D eigenvalue weighted by atomic mass is 16.3. The standard InChI is InChI=1S/C67H49N3O3/c1-40(38-42-18-5-3-6-19-42)45-22-9-10-23-49(45)46-26-15-27-47(41(46)2)52-36-35-48(62-53-25-12-14-32-58(53)73-64(52)62)44-34-37-59-56(39-44)61-54(29-17-33-60(61)71-59)66-68-65(43-20-7-4-8-21-43)69-67(70-66)55-30-16-28-51-50-24-11-13-31-57(50)72-63(51)55/h3-14,16-26,28,30-37,39-40,54H,15,27,29,38H2,1-2H3. The first kappa shape index (κ1) is 43.0. The van der Waals surface area contributed by atoms with Gasteiger partial charge in [-0.25, -0.2) is 15.0 Å². The SMILES string of the molecule is CC1=C(c2ccc(-c3ccc4oc5c(c4c3)C(c3nc(-c4ccccc4)nc(-c4cccc6c4oc4ccccc46)n3)CC=C5)c3c2oc2ccccc23)CCC=C1c1ccccc1C(C)Cc1ccccc1. The van der Waals surface area contributed by atoms with Crippen molar-refractivity contribution in [1.29, 1.82) is 0 Å². The van der Waals surface area contributed by atoms with Crippen LogP contribution in [0.1, 0.15) is 84.3 Å². The van der Waals surface area contributed by atoms with Crippen molar-refractivity contribution in [2.24, 2.45) is 0 Å². The second-order valence-corrected chi connectivity index (χ2v) is 19.7. The molecule has 0 aliphatic heterocycles. The van der Waals surface area contributed by atoms with Crippen LogP contribution in [0.15, 0.2) is 213 Å². The molecule has 0 N–H and O–H groups in total. The van der Waals surface area contributed by atoms with Crippen molar-refractivity contribution in [1.82, 2.24) is 15.0 Å². The third-order valence-corrected chi connectivity index (χ3v) is 15.3. The highest BCUT2D eigenvalue weighted by molar-refractivity contribution is 6.16. The van der Waals surface area contributed by atoms with Gasteiger partial charge < -0.3 is 13.3 Å². The third-order valence-electron chi connectivity index (χ3n) is 15.3. The molecule has 4 heterocycles. The van der Waals surface area contributed by atoms with Crippen LogP contribution < -0.4 is 0 Å². The Balaban J connectivity index is 0.890. The van der Waals surface area contributed by atoms with Crippen LogP contribution in [0, 0.1) is 0 Å². The summed E-state index contributed by atoms with van der Waals surface area (Å²) in [5, 5.41) is 5.33. The molecule has 0 amide bonds. The summed E-state index contributed by atoms with van der Waals surface area (Å²) in [4.78, 5) is 15.8. The van der Waals surface area contributed by atoms with Crippen LogP contribution in [0.3, 0.4) is 0 Å². The largest absolute Gasteiger partial charge is 0.456 e. The summed E-state index contributed by atoms with van der Waals surface area (Å²) in [6.45, 7) is 4.66. The Morgan fingerprint density at radius 2 is 1.23 bits per heavy atom. The van der Waals surface area contributed by atoms with Crippen LogP contribution in [0.25, 0.3) is 106 Å². The lowest BCUT2D eigenvalue weighted by atomic mass is 9.80. The maximum atomic E-state index is 6.98. The van der Waals surface area contributed by atoms with Crippen LogP contribution in [-0.2, 0) is 6.42 Å². The molecule has 350 valence electrons. The lowest BCUT2D eigenvalue weighted by Gasteiger charge is -2.24. The molecule has 0 radical (unpaired) electrons. The van der Waals surface area contributed by atoms with Crippen LogP contribution in [-0.4, -0.2) is 15.0 Å². The molecule has 12 aromatic rings. The fraction of sp³-hybridized carbons (Fsp3) is 0.119. The maximum Gasteiger partial charge on any atom is 0.167 e. The number of allylic oxidation sites excluding steroid dienone is 5. The van der Waals surface area contributed by atoms with Gasteiger partial charge in [0.2, 0.25) is 0 Å². The van der Waals surface area contributed by atoms with Crippen molar-refractivity contribution in [3.8, 4) is 33.9 Å². The fourth-order valence-corrected chi connectivity index (χ4v) is 11.8. The smallest absolute Gasteiger partial charge is 0.167 e. The van der Waals surface area contributed by atoms with Gasteiger partial charge in [0.1, 0.15) is 39.5 Å². The lowest BCUT2D eigenvalue weighted by Crippen LogP contribution is -2.11. The van der Waals surface area contributed by atoms with E-state index in [-0.39, 0.29) is 5.92 Å². The normalized spacial score (nSPS) is 15.2. The molecule has 0 bridgehead atoms.